The molecule has 0 aromatic heterocycles. The summed E-state index contributed by atoms with van der Waals surface area (Å²) in [5.41, 5.74) is 1.04. The molecule has 1 aromatic rings. The second kappa shape index (κ2) is 14.5. The summed E-state index contributed by atoms with van der Waals surface area (Å²) < 4.78 is 18.8. The van der Waals surface area contributed by atoms with Crippen LogP contribution in [0.4, 0.5) is 4.39 Å². The number of nitrogens with one attached hydrogen (secondary N) is 3. The lowest BCUT2D eigenvalue weighted by Crippen LogP contribution is -2.43. The number of aliphatic imine (C=N–C) groups is 1. The van der Waals surface area contributed by atoms with Gasteiger partial charge in [0.25, 0.3) is 0 Å². The molecular formula is C21H35FIN5O2. The first kappa shape index (κ1) is 26.6. The summed E-state index contributed by atoms with van der Waals surface area (Å²) in [6.07, 6.45) is 0. The molecule has 1 fully saturated rings. The lowest BCUT2D eigenvalue weighted by Gasteiger charge is -2.34. The molecule has 1 heterocycles. The third kappa shape index (κ3) is 9.13. The predicted molar refractivity (Wildman–Crippen MR) is 129 cm³/mol. The fourth-order valence-corrected chi connectivity index (χ4v) is 3.10. The van der Waals surface area contributed by atoms with Crippen LogP contribution in [0.2, 0.25) is 0 Å². The molecule has 1 aromatic carbocycles. The van der Waals surface area contributed by atoms with Gasteiger partial charge in [0.1, 0.15) is 5.82 Å². The van der Waals surface area contributed by atoms with E-state index in [0.717, 1.165) is 25.2 Å². The van der Waals surface area contributed by atoms with E-state index in [-0.39, 0.29) is 47.7 Å². The summed E-state index contributed by atoms with van der Waals surface area (Å²) in [5.74, 6) is 0.474. The Hall–Kier alpha value is -1.46. The zero-order chi connectivity index (χ0) is 21.1. The number of hydrogen-bond donors (Lipinski definition) is 3. The fourth-order valence-electron chi connectivity index (χ4n) is 3.10. The summed E-state index contributed by atoms with van der Waals surface area (Å²) in [7, 11) is 0. The number of rotatable bonds is 9. The third-order valence-corrected chi connectivity index (χ3v) is 4.75. The van der Waals surface area contributed by atoms with E-state index in [1.165, 1.54) is 12.1 Å². The molecule has 0 aliphatic carbocycles. The lowest BCUT2D eigenvalue weighted by atomic mass is 10.0. The molecule has 1 saturated heterocycles. The Balaban J connectivity index is 0.00000450. The molecule has 1 aliphatic rings. The van der Waals surface area contributed by atoms with E-state index < -0.39 is 0 Å². The minimum absolute atomic E-state index is 0. The maximum Gasteiger partial charge on any atom is 0.222 e. The summed E-state index contributed by atoms with van der Waals surface area (Å²) >= 11 is 0. The highest BCUT2D eigenvalue weighted by atomic mass is 127. The van der Waals surface area contributed by atoms with Gasteiger partial charge in [-0.1, -0.05) is 26.0 Å². The molecule has 1 unspecified atom stereocenters. The minimum atomic E-state index is -0.239. The molecule has 1 atom stereocenters. The van der Waals surface area contributed by atoms with E-state index in [9.17, 15) is 9.18 Å². The topological polar surface area (TPSA) is 78.0 Å². The average molecular weight is 535 g/mol. The quantitative estimate of drug-likeness (QED) is 0.196. The van der Waals surface area contributed by atoms with Gasteiger partial charge in [0.15, 0.2) is 5.96 Å². The largest absolute Gasteiger partial charge is 0.379 e. The first-order valence-electron chi connectivity index (χ1n) is 10.4. The predicted octanol–water partition coefficient (Wildman–Crippen LogP) is 2.14. The number of carbonyl (C=O) groups excluding carboxylic acids is 1. The summed E-state index contributed by atoms with van der Waals surface area (Å²) in [4.78, 5) is 18.7. The van der Waals surface area contributed by atoms with Gasteiger partial charge < -0.3 is 20.7 Å². The van der Waals surface area contributed by atoms with E-state index >= 15 is 0 Å². The van der Waals surface area contributed by atoms with Gasteiger partial charge in [-0.2, -0.15) is 0 Å². The van der Waals surface area contributed by atoms with Crippen molar-refractivity contribution in [3.05, 3.63) is 35.6 Å². The number of guanidine groups is 1. The Morgan fingerprint density at radius 3 is 2.37 bits per heavy atom. The molecule has 1 amide bonds. The van der Waals surface area contributed by atoms with Gasteiger partial charge >= 0.3 is 0 Å². The maximum absolute atomic E-state index is 13.4. The number of morpholine rings is 1. The first-order valence-corrected chi connectivity index (χ1v) is 10.4. The van der Waals surface area contributed by atoms with Crippen molar-refractivity contribution in [1.82, 2.24) is 20.9 Å². The molecule has 0 saturated carbocycles. The second-order valence-electron chi connectivity index (χ2n) is 7.31. The number of halogens is 2. The van der Waals surface area contributed by atoms with Gasteiger partial charge in [-0.25, -0.2) is 4.39 Å². The lowest BCUT2D eigenvalue weighted by molar-refractivity contribution is -0.123. The molecular weight excluding hydrogens is 500 g/mol. The highest BCUT2D eigenvalue weighted by Gasteiger charge is 2.22. The van der Waals surface area contributed by atoms with Crippen molar-refractivity contribution in [3.63, 3.8) is 0 Å². The summed E-state index contributed by atoms with van der Waals surface area (Å²) in [6, 6.07) is 6.69. The van der Waals surface area contributed by atoms with E-state index in [2.05, 4.69) is 20.9 Å². The van der Waals surface area contributed by atoms with Crippen LogP contribution in [0, 0.1) is 11.7 Å². The average Bonchev–Trinajstić information content (AvgIpc) is 2.73. The van der Waals surface area contributed by atoms with Crippen molar-refractivity contribution in [1.29, 1.82) is 0 Å². The van der Waals surface area contributed by atoms with Crippen molar-refractivity contribution in [3.8, 4) is 0 Å². The molecule has 9 heteroatoms. The van der Waals surface area contributed by atoms with E-state index in [1.807, 2.05) is 32.9 Å². The number of ether oxygens (including phenoxy) is 1. The van der Waals surface area contributed by atoms with Crippen LogP contribution in [-0.4, -0.2) is 69.2 Å². The van der Waals surface area contributed by atoms with Gasteiger partial charge in [0.05, 0.1) is 25.8 Å². The Morgan fingerprint density at radius 2 is 1.77 bits per heavy atom. The first-order chi connectivity index (χ1) is 14.0. The Labute approximate surface area is 196 Å². The zero-order valence-electron chi connectivity index (χ0n) is 18.1. The SMILES string of the molecule is CCNC(=NCC(c1ccc(F)cc1)N1CCOCC1)NCCNC(=O)C(C)C.I. The van der Waals surface area contributed by atoms with Crippen LogP contribution in [0.25, 0.3) is 0 Å². The maximum atomic E-state index is 13.4. The van der Waals surface area contributed by atoms with Crippen LogP contribution < -0.4 is 16.0 Å². The highest BCUT2D eigenvalue weighted by molar-refractivity contribution is 14.0. The number of benzene rings is 1. The number of amides is 1. The third-order valence-electron chi connectivity index (χ3n) is 4.75. The van der Waals surface area contributed by atoms with Crippen molar-refractivity contribution in [2.75, 3.05) is 52.5 Å². The molecule has 2 rings (SSSR count). The van der Waals surface area contributed by atoms with Crippen molar-refractivity contribution < 1.29 is 13.9 Å². The molecule has 0 spiro atoms. The van der Waals surface area contributed by atoms with Gasteiger partial charge in [-0.3, -0.25) is 14.7 Å². The van der Waals surface area contributed by atoms with Crippen molar-refractivity contribution in [2.45, 2.75) is 26.8 Å². The van der Waals surface area contributed by atoms with E-state index in [4.69, 9.17) is 9.73 Å². The highest BCUT2D eigenvalue weighted by Crippen LogP contribution is 2.22. The summed E-state index contributed by atoms with van der Waals surface area (Å²) in [6.45, 7) is 11.2. The molecule has 3 N–H and O–H groups in total. The molecule has 30 heavy (non-hydrogen) atoms. The number of carbonyl (C=O) groups is 1. The van der Waals surface area contributed by atoms with Gasteiger partial charge in [0, 0.05) is 38.6 Å². The second-order valence-corrected chi connectivity index (χ2v) is 7.31. The van der Waals surface area contributed by atoms with Crippen LogP contribution in [0.3, 0.4) is 0 Å². The van der Waals surface area contributed by atoms with Gasteiger partial charge in [-0.15, -0.1) is 24.0 Å². The Kier molecular flexibility index (Phi) is 12.9. The van der Waals surface area contributed by atoms with Crippen molar-refractivity contribution >= 4 is 35.8 Å². The van der Waals surface area contributed by atoms with Crippen LogP contribution >= 0.6 is 24.0 Å². The van der Waals surface area contributed by atoms with Crippen LogP contribution in [0.1, 0.15) is 32.4 Å². The van der Waals surface area contributed by atoms with Gasteiger partial charge in [0.2, 0.25) is 5.91 Å². The minimum Gasteiger partial charge on any atom is -0.379 e. The van der Waals surface area contributed by atoms with Crippen molar-refractivity contribution in [2.24, 2.45) is 10.9 Å². The van der Waals surface area contributed by atoms with Crippen LogP contribution in [0.15, 0.2) is 29.3 Å². The molecule has 0 bridgehead atoms. The molecule has 7 nitrogen and oxygen atoms in total. The van der Waals surface area contributed by atoms with E-state index in [0.29, 0.717) is 38.8 Å². The standard InChI is InChI=1S/C21H34FN5O2.HI/c1-4-23-21(25-10-9-24-20(28)16(2)3)26-15-19(27-11-13-29-14-12-27)17-5-7-18(22)8-6-17;/h5-8,16,19H,4,9-15H2,1-3H3,(H,24,28)(H2,23,25,26);1H. The Morgan fingerprint density at radius 1 is 1.13 bits per heavy atom. The monoisotopic (exact) mass is 535 g/mol. The Bertz CT molecular complexity index is 651. The normalized spacial score (nSPS) is 16.0. The number of hydrogen-bond acceptors (Lipinski definition) is 4. The molecule has 170 valence electrons. The molecule has 0 radical (unpaired) electrons. The zero-order valence-corrected chi connectivity index (χ0v) is 20.4. The van der Waals surface area contributed by atoms with Gasteiger partial charge in [-0.05, 0) is 24.6 Å². The number of nitrogens with zero attached hydrogens (tertiary/aromatic N) is 2. The smallest absolute Gasteiger partial charge is 0.222 e. The summed E-state index contributed by atoms with van der Waals surface area (Å²) in [5, 5.41) is 9.38. The molecule has 1 aliphatic heterocycles. The van der Waals surface area contributed by atoms with E-state index in [1.54, 1.807) is 0 Å². The van der Waals surface area contributed by atoms with Crippen LogP contribution in [0.5, 0.6) is 0 Å². The fraction of sp³-hybridized carbons (Fsp3) is 0.619. The van der Waals surface area contributed by atoms with Crippen LogP contribution in [-0.2, 0) is 9.53 Å².